The van der Waals surface area contributed by atoms with Crippen molar-refractivity contribution < 1.29 is 19.1 Å². The molecule has 6 nitrogen and oxygen atoms in total. The molecule has 28 heavy (non-hydrogen) atoms. The fourth-order valence-corrected chi connectivity index (χ4v) is 2.63. The third kappa shape index (κ3) is 5.54. The molecule has 0 atom stereocenters. The van der Waals surface area contributed by atoms with Gasteiger partial charge in [0.25, 0.3) is 0 Å². The van der Waals surface area contributed by atoms with Crippen molar-refractivity contribution >= 4 is 29.5 Å². The van der Waals surface area contributed by atoms with Crippen LogP contribution in [0.1, 0.15) is 27.0 Å². The van der Waals surface area contributed by atoms with Crippen LogP contribution >= 0.6 is 0 Å². The first-order valence-corrected chi connectivity index (χ1v) is 8.79. The number of carbonyl (C=O) groups excluding carboxylic acids is 3. The van der Waals surface area contributed by atoms with Gasteiger partial charge >= 0.3 is 5.97 Å². The van der Waals surface area contributed by atoms with Gasteiger partial charge in [0.1, 0.15) is 0 Å². The second kappa shape index (κ2) is 9.50. The van der Waals surface area contributed by atoms with Gasteiger partial charge in [-0.05, 0) is 48.7 Å². The molecule has 0 aliphatic rings. The molecule has 0 heterocycles. The van der Waals surface area contributed by atoms with E-state index in [-0.39, 0.29) is 18.4 Å². The van der Waals surface area contributed by atoms with E-state index in [1.54, 1.807) is 37.4 Å². The first-order valence-electron chi connectivity index (χ1n) is 8.79. The summed E-state index contributed by atoms with van der Waals surface area (Å²) in [4.78, 5) is 37.3. The molecule has 1 N–H and O–H groups in total. The van der Waals surface area contributed by atoms with Gasteiger partial charge in [0.2, 0.25) is 11.8 Å². The normalized spacial score (nSPS) is 10.6. The molecule has 0 bridgehead atoms. The lowest BCUT2D eigenvalue weighted by Gasteiger charge is -2.16. The van der Waals surface area contributed by atoms with Gasteiger partial charge in [-0.25, -0.2) is 4.79 Å². The van der Waals surface area contributed by atoms with Crippen molar-refractivity contribution in [1.82, 2.24) is 4.90 Å². The lowest BCUT2D eigenvalue weighted by atomic mass is 10.1. The highest BCUT2D eigenvalue weighted by molar-refractivity contribution is 5.98. The number of aryl methyl sites for hydroxylation is 2. The summed E-state index contributed by atoms with van der Waals surface area (Å²) < 4.78 is 4.64. The van der Waals surface area contributed by atoms with Crippen LogP contribution in [0.4, 0.5) is 5.69 Å². The van der Waals surface area contributed by atoms with Crippen LogP contribution in [0.2, 0.25) is 0 Å². The number of anilines is 1. The Bertz CT molecular complexity index is 881. The summed E-state index contributed by atoms with van der Waals surface area (Å²) >= 11 is 0. The van der Waals surface area contributed by atoms with E-state index in [9.17, 15) is 14.4 Å². The summed E-state index contributed by atoms with van der Waals surface area (Å²) in [6, 6.07) is 12.4. The Balaban J connectivity index is 1.94. The quantitative estimate of drug-likeness (QED) is 0.617. The monoisotopic (exact) mass is 380 g/mol. The van der Waals surface area contributed by atoms with Gasteiger partial charge < -0.3 is 15.0 Å². The number of para-hydroxylation sites is 1. The van der Waals surface area contributed by atoms with E-state index < -0.39 is 5.97 Å². The molecule has 0 aromatic heterocycles. The molecule has 6 heteroatoms. The van der Waals surface area contributed by atoms with Crippen molar-refractivity contribution in [2.24, 2.45) is 0 Å². The maximum atomic E-state index is 12.3. The molecular weight excluding hydrogens is 356 g/mol. The number of likely N-dealkylation sites (N-methyl/N-ethyl adjacent to an activating group) is 1. The van der Waals surface area contributed by atoms with E-state index in [2.05, 4.69) is 10.1 Å². The minimum absolute atomic E-state index is 0.0573. The highest BCUT2D eigenvalue weighted by Gasteiger charge is 2.12. The molecule has 0 spiro atoms. The third-order valence-corrected chi connectivity index (χ3v) is 4.25. The highest BCUT2D eigenvalue weighted by atomic mass is 16.5. The summed E-state index contributed by atoms with van der Waals surface area (Å²) in [5.74, 6) is -0.973. The Morgan fingerprint density at radius 1 is 1.04 bits per heavy atom. The van der Waals surface area contributed by atoms with Crippen LogP contribution in [-0.4, -0.2) is 43.4 Å². The molecule has 0 radical (unpaired) electrons. The standard InChI is InChI=1S/C22H24N2O4/c1-15-6-5-7-16(2)21(15)23-19(25)14-24(3)20(26)13-10-17-8-11-18(12-9-17)22(27)28-4/h5-13H,14H2,1-4H3,(H,23,25). The van der Waals surface area contributed by atoms with Crippen molar-refractivity contribution in [3.05, 3.63) is 70.8 Å². The van der Waals surface area contributed by atoms with E-state index in [4.69, 9.17) is 0 Å². The topological polar surface area (TPSA) is 75.7 Å². The molecule has 2 amide bonds. The number of nitrogens with one attached hydrogen (secondary N) is 1. The summed E-state index contributed by atoms with van der Waals surface area (Å²) in [5, 5.41) is 2.86. The number of hydrogen-bond donors (Lipinski definition) is 1. The lowest BCUT2D eigenvalue weighted by molar-refractivity contribution is -0.129. The van der Waals surface area contributed by atoms with Crippen LogP contribution < -0.4 is 5.32 Å². The van der Waals surface area contributed by atoms with Gasteiger partial charge in [0.15, 0.2) is 0 Å². The van der Waals surface area contributed by atoms with Crippen molar-refractivity contribution in [2.75, 3.05) is 26.0 Å². The number of amides is 2. The fraction of sp³-hybridized carbons (Fsp3) is 0.227. The predicted molar refractivity (Wildman–Crippen MR) is 109 cm³/mol. The van der Waals surface area contributed by atoms with Crippen molar-refractivity contribution in [1.29, 1.82) is 0 Å². The first kappa shape index (κ1) is 20.9. The van der Waals surface area contributed by atoms with Crippen LogP contribution in [0.5, 0.6) is 0 Å². The number of esters is 1. The zero-order chi connectivity index (χ0) is 20.7. The predicted octanol–water partition coefficient (Wildman–Crippen LogP) is 3.20. The van der Waals surface area contributed by atoms with E-state index >= 15 is 0 Å². The Morgan fingerprint density at radius 3 is 2.21 bits per heavy atom. The Labute approximate surface area is 164 Å². The van der Waals surface area contributed by atoms with Gasteiger partial charge in [-0.15, -0.1) is 0 Å². The van der Waals surface area contributed by atoms with E-state index in [1.807, 2.05) is 32.0 Å². The van der Waals surface area contributed by atoms with E-state index in [1.165, 1.54) is 18.1 Å². The number of carbonyl (C=O) groups is 3. The molecule has 146 valence electrons. The van der Waals surface area contributed by atoms with Gasteiger partial charge in [0.05, 0.1) is 19.2 Å². The Kier molecular flexibility index (Phi) is 7.09. The number of benzene rings is 2. The van der Waals surface area contributed by atoms with Crippen molar-refractivity contribution in [2.45, 2.75) is 13.8 Å². The van der Waals surface area contributed by atoms with E-state index in [0.29, 0.717) is 5.56 Å². The van der Waals surface area contributed by atoms with Crippen LogP contribution in [-0.2, 0) is 14.3 Å². The Morgan fingerprint density at radius 2 is 1.64 bits per heavy atom. The molecule has 0 saturated heterocycles. The molecule has 2 aromatic rings. The third-order valence-electron chi connectivity index (χ3n) is 4.25. The summed E-state index contributed by atoms with van der Waals surface area (Å²) in [6.45, 7) is 3.79. The second-order valence-electron chi connectivity index (χ2n) is 6.46. The molecular formula is C22H24N2O4. The van der Waals surface area contributed by atoms with Crippen LogP contribution in [0, 0.1) is 13.8 Å². The average molecular weight is 380 g/mol. The largest absolute Gasteiger partial charge is 0.465 e. The van der Waals surface area contributed by atoms with Crippen LogP contribution in [0.3, 0.4) is 0 Å². The minimum atomic E-state index is -0.416. The van der Waals surface area contributed by atoms with Gasteiger partial charge in [-0.1, -0.05) is 30.3 Å². The zero-order valence-corrected chi connectivity index (χ0v) is 16.5. The van der Waals surface area contributed by atoms with Gasteiger partial charge in [0, 0.05) is 18.8 Å². The SMILES string of the molecule is COC(=O)c1ccc(C=CC(=O)N(C)CC(=O)Nc2c(C)cccc2C)cc1. The first-order chi connectivity index (χ1) is 13.3. The molecule has 0 saturated carbocycles. The maximum Gasteiger partial charge on any atom is 0.337 e. The summed E-state index contributed by atoms with van der Waals surface area (Å²) in [5.41, 5.74) is 3.91. The van der Waals surface area contributed by atoms with Crippen molar-refractivity contribution in [3.8, 4) is 0 Å². The highest BCUT2D eigenvalue weighted by Crippen LogP contribution is 2.19. The summed E-state index contributed by atoms with van der Waals surface area (Å²) in [6.07, 6.45) is 3.02. The molecule has 0 fully saturated rings. The smallest absolute Gasteiger partial charge is 0.337 e. The molecule has 2 aromatic carbocycles. The fourth-order valence-electron chi connectivity index (χ4n) is 2.63. The summed E-state index contributed by atoms with van der Waals surface area (Å²) in [7, 11) is 2.89. The number of methoxy groups -OCH3 is 1. The van der Waals surface area contributed by atoms with Crippen molar-refractivity contribution in [3.63, 3.8) is 0 Å². The number of rotatable bonds is 6. The average Bonchev–Trinajstić information content (AvgIpc) is 2.68. The molecule has 0 aliphatic heterocycles. The number of ether oxygens (including phenoxy) is 1. The number of hydrogen-bond acceptors (Lipinski definition) is 4. The molecule has 0 unspecified atom stereocenters. The lowest BCUT2D eigenvalue weighted by Crippen LogP contribution is -2.34. The van der Waals surface area contributed by atoms with Crippen LogP contribution in [0.25, 0.3) is 6.08 Å². The number of nitrogens with zero attached hydrogens (tertiary/aromatic N) is 1. The van der Waals surface area contributed by atoms with Crippen LogP contribution in [0.15, 0.2) is 48.5 Å². The molecule has 2 rings (SSSR count). The maximum absolute atomic E-state index is 12.3. The zero-order valence-electron chi connectivity index (χ0n) is 16.5. The second-order valence-corrected chi connectivity index (χ2v) is 6.46. The van der Waals surface area contributed by atoms with E-state index in [0.717, 1.165) is 22.4 Å². The van der Waals surface area contributed by atoms with Gasteiger partial charge in [-0.3, -0.25) is 9.59 Å². The minimum Gasteiger partial charge on any atom is -0.465 e. The Hall–Kier alpha value is -3.41. The molecule has 0 aliphatic carbocycles. The van der Waals surface area contributed by atoms with Gasteiger partial charge in [-0.2, -0.15) is 0 Å².